The Morgan fingerprint density at radius 2 is 1.93 bits per heavy atom. The fourth-order valence-electron chi connectivity index (χ4n) is 3.90. The Balaban J connectivity index is 1.56. The van der Waals surface area contributed by atoms with Crippen molar-refractivity contribution in [1.82, 2.24) is 15.1 Å². The molecule has 0 radical (unpaired) electrons. The summed E-state index contributed by atoms with van der Waals surface area (Å²) in [4.78, 5) is 54.6. The molecule has 2 fully saturated rings. The van der Waals surface area contributed by atoms with Gasteiger partial charge in [0.05, 0.1) is 12.2 Å². The Kier molecular flexibility index (Phi) is 4.48. The minimum absolute atomic E-state index is 0.0103. The number of hydrogen-bond acceptors (Lipinski definition) is 5. The molecule has 1 aliphatic carbocycles. The lowest BCUT2D eigenvalue weighted by Gasteiger charge is -2.35. The van der Waals surface area contributed by atoms with Gasteiger partial charge in [-0.1, -0.05) is 12.1 Å². The number of nitrogens with one attached hydrogen (secondary N) is 1. The lowest BCUT2D eigenvalue weighted by Crippen LogP contribution is -2.53. The van der Waals surface area contributed by atoms with Crippen molar-refractivity contribution < 1.29 is 23.9 Å². The van der Waals surface area contributed by atoms with Gasteiger partial charge in [0.1, 0.15) is 17.8 Å². The van der Waals surface area contributed by atoms with Crippen LogP contribution in [-0.2, 0) is 14.4 Å². The van der Waals surface area contributed by atoms with Crippen molar-refractivity contribution in [3.8, 4) is 5.75 Å². The third kappa shape index (κ3) is 3.20. The molecule has 1 saturated carbocycles. The number of urea groups is 1. The zero-order valence-corrected chi connectivity index (χ0v) is 16.7. The summed E-state index contributed by atoms with van der Waals surface area (Å²) in [7, 11) is 3.23. The van der Waals surface area contributed by atoms with Crippen LogP contribution in [0.3, 0.4) is 0 Å². The first-order valence-electron chi connectivity index (χ1n) is 9.63. The van der Waals surface area contributed by atoms with Crippen molar-refractivity contribution in [3.63, 3.8) is 0 Å². The number of rotatable bonds is 4. The first-order valence-corrected chi connectivity index (χ1v) is 9.63. The molecular weight excluding hydrogens is 376 g/mol. The number of carbonyl (C=O) groups excluding carboxylic acids is 4. The summed E-state index contributed by atoms with van der Waals surface area (Å²) in [6.45, 7) is 1.34. The molecule has 2 aliphatic heterocycles. The van der Waals surface area contributed by atoms with Gasteiger partial charge >= 0.3 is 6.03 Å². The minimum atomic E-state index is -0.941. The van der Waals surface area contributed by atoms with E-state index in [-0.39, 0.29) is 30.8 Å². The average Bonchev–Trinajstić information content (AvgIpc) is 3.52. The minimum Gasteiger partial charge on any atom is -0.476 e. The molecule has 154 valence electrons. The molecule has 0 unspecified atom stereocenters. The van der Waals surface area contributed by atoms with E-state index in [1.807, 2.05) is 0 Å². The summed E-state index contributed by atoms with van der Waals surface area (Å²) in [6, 6.07) is 6.35. The Morgan fingerprint density at radius 1 is 1.24 bits per heavy atom. The monoisotopic (exact) mass is 400 g/mol. The number of carbonyl (C=O) groups is 4. The molecule has 2 atom stereocenters. The fraction of sp³-hybridized carbons (Fsp3) is 0.500. The second-order valence-electron chi connectivity index (χ2n) is 8.11. The lowest BCUT2D eigenvalue weighted by molar-refractivity contribution is -0.137. The highest BCUT2D eigenvalue weighted by Gasteiger charge is 2.56. The van der Waals surface area contributed by atoms with Crippen molar-refractivity contribution >= 4 is 29.4 Å². The van der Waals surface area contributed by atoms with Crippen molar-refractivity contribution in [2.24, 2.45) is 5.92 Å². The zero-order valence-electron chi connectivity index (χ0n) is 16.7. The van der Waals surface area contributed by atoms with E-state index in [0.29, 0.717) is 11.4 Å². The Hall–Kier alpha value is -3.10. The maximum absolute atomic E-state index is 13.1. The van der Waals surface area contributed by atoms with Crippen molar-refractivity contribution in [3.05, 3.63) is 24.3 Å². The standard InChI is InChI=1S/C20H24N4O5/c1-20(12-8-9-12)18(27)24(19(28)21-20)11-16(25)23-10-15(17(26)22(2)3)29-14-7-5-4-6-13(14)23/h4-7,12,15H,8-11H2,1-3H3,(H,21,28)/t15-,20+/m1/s1. The number of likely N-dealkylation sites (N-methyl/N-ethyl adjacent to an activating group) is 1. The van der Waals surface area contributed by atoms with Crippen molar-refractivity contribution in [2.75, 3.05) is 32.1 Å². The molecule has 1 aromatic carbocycles. The maximum Gasteiger partial charge on any atom is 0.325 e. The molecule has 1 saturated heterocycles. The van der Waals surface area contributed by atoms with E-state index in [1.54, 1.807) is 45.3 Å². The van der Waals surface area contributed by atoms with Gasteiger partial charge in [-0.05, 0) is 37.8 Å². The predicted octanol–water partition coefficient (Wildman–Crippen LogP) is 0.589. The molecule has 29 heavy (non-hydrogen) atoms. The molecule has 0 bridgehead atoms. The number of fused-ring (bicyclic) bond motifs is 1. The van der Waals surface area contributed by atoms with Gasteiger partial charge in [0.25, 0.3) is 11.8 Å². The van der Waals surface area contributed by atoms with E-state index in [0.717, 1.165) is 17.7 Å². The van der Waals surface area contributed by atoms with Gasteiger partial charge < -0.3 is 19.9 Å². The Bertz CT molecular complexity index is 897. The van der Waals surface area contributed by atoms with Crippen LogP contribution < -0.4 is 15.0 Å². The van der Waals surface area contributed by atoms with Crippen LogP contribution in [0.15, 0.2) is 24.3 Å². The number of ether oxygens (including phenoxy) is 1. The summed E-state index contributed by atoms with van der Waals surface area (Å²) in [6.07, 6.45) is 0.911. The summed E-state index contributed by atoms with van der Waals surface area (Å²) in [5.41, 5.74) is -0.429. The number of nitrogens with zero attached hydrogens (tertiary/aromatic N) is 3. The first kappa shape index (κ1) is 19.2. The summed E-state index contributed by atoms with van der Waals surface area (Å²) < 4.78 is 5.78. The van der Waals surface area contributed by atoms with E-state index in [4.69, 9.17) is 4.74 Å². The van der Waals surface area contributed by atoms with Crippen molar-refractivity contribution in [2.45, 2.75) is 31.4 Å². The summed E-state index contributed by atoms with van der Waals surface area (Å²) in [5.74, 6) is -0.562. The van der Waals surface area contributed by atoms with Crippen LogP contribution in [0.4, 0.5) is 10.5 Å². The second-order valence-corrected chi connectivity index (χ2v) is 8.11. The first-order chi connectivity index (χ1) is 13.7. The van der Waals surface area contributed by atoms with Crippen LogP contribution in [0.1, 0.15) is 19.8 Å². The maximum atomic E-state index is 13.1. The smallest absolute Gasteiger partial charge is 0.325 e. The summed E-state index contributed by atoms with van der Waals surface area (Å²) >= 11 is 0. The van der Waals surface area contributed by atoms with Crippen LogP contribution in [0, 0.1) is 5.92 Å². The highest BCUT2D eigenvalue weighted by Crippen LogP contribution is 2.42. The molecule has 1 aromatic rings. The SMILES string of the molecule is CN(C)C(=O)[C@H]1CN(C(=O)CN2C(=O)N[C@@](C)(C3CC3)C2=O)c2ccccc2O1. The van der Waals surface area contributed by atoms with E-state index >= 15 is 0 Å². The molecule has 9 heteroatoms. The number of amides is 5. The molecule has 0 aromatic heterocycles. The molecule has 0 spiro atoms. The second kappa shape index (κ2) is 6.75. The highest BCUT2D eigenvalue weighted by molar-refractivity contribution is 6.11. The average molecular weight is 400 g/mol. The van der Waals surface area contributed by atoms with E-state index < -0.39 is 23.6 Å². The number of para-hydroxylation sites is 2. The Morgan fingerprint density at radius 3 is 2.59 bits per heavy atom. The van der Waals surface area contributed by atoms with Gasteiger partial charge in [0.15, 0.2) is 6.10 Å². The van der Waals surface area contributed by atoms with E-state index in [9.17, 15) is 19.2 Å². The molecule has 9 nitrogen and oxygen atoms in total. The topological polar surface area (TPSA) is 99.3 Å². The Labute approximate surface area is 168 Å². The molecule has 1 N–H and O–H groups in total. The number of anilines is 1. The van der Waals surface area contributed by atoms with Gasteiger partial charge in [-0.15, -0.1) is 0 Å². The number of hydrogen-bond donors (Lipinski definition) is 1. The lowest BCUT2D eigenvalue weighted by atomic mass is 9.96. The fourth-order valence-corrected chi connectivity index (χ4v) is 3.90. The highest BCUT2D eigenvalue weighted by atomic mass is 16.5. The molecule has 3 aliphatic rings. The molecule has 5 amide bonds. The van der Waals surface area contributed by atoms with E-state index in [1.165, 1.54) is 9.80 Å². The zero-order chi connectivity index (χ0) is 20.9. The van der Waals surface area contributed by atoms with Crippen LogP contribution in [-0.4, -0.2) is 72.4 Å². The van der Waals surface area contributed by atoms with Crippen LogP contribution in [0.2, 0.25) is 0 Å². The van der Waals surface area contributed by atoms with Gasteiger partial charge in [0, 0.05) is 14.1 Å². The van der Waals surface area contributed by atoms with Gasteiger partial charge in [-0.25, -0.2) is 4.79 Å². The van der Waals surface area contributed by atoms with Crippen LogP contribution in [0.25, 0.3) is 0 Å². The molecule has 4 rings (SSSR count). The predicted molar refractivity (Wildman–Crippen MR) is 103 cm³/mol. The van der Waals surface area contributed by atoms with Crippen molar-refractivity contribution in [1.29, 1.82) is 0 Å². The van der Waals surface area contributed by atoms with Gasteiger partial charge in [0.2, 0.25) is 5.91 Å². The number of imide groups is 1. The molecular formula is C20H24N4O5. The summed E-state index contributed by atoms with van der Waals surface area (Å²) in [5, 5.41) is 2.74. The third-order valence-electron chi connectivity index (χ3n) is 5.78. The quantitative estimate of drug-likeness (QED) is 0.746. The van der Waals surface area contributed by atoms with Crippen LogP contribution >= 0.6 is 0 Å². The normalized spacial score (nSPS) is 26.0. The largest absolute Gasteiger partial charge is 0.476 e. The molecule has 2 heterocycles. The third-order valence-corrected chi connectivity index (χ3v) is 5.78. The number of benzene rings is 1. The van der Waals surface area contributed by atoms with E-state index in [2.05, 4.69) is 5.32 Å². The van der Waals surface area contributed by atoms with Gasteiger partial charge in [-0.2, -0.15) is 0 Å². The van der Waals surface area contributed by atoms with Crippen LogP contribution in [0.5, 0.6) is 5.75 Å². The van der Waals surface area contributed by atoms with Gasteiger partial charge in [-0.3, -0.25) is 19.3 Å².